The summed E-state index contributed by atoms with van der Waals surface area (Å²) in [6.45, 7) is 43.0. The van der Waals surface area contributed by atoms with Crippen LogP contribution in [0.25, 0.3) is 0 Å². The molecule has 3 aromatic rings. The summed E-state index contributed by atoms with van der Waals surface area (Å²) in [7, 11) is 0. The number of ether oxygens (including phenoxy) is 15. The highest BCUT2D eigenvalue weighted by Gasteiger charge is 2.83. The molecule has 129 heavy (non-hydrogen) atoms. The van der Waals surface area contributed by atoms with E-state index in [1.807, 2.05) is 117 Å². The fourth-order valence-electron chi connectivity index (χ4n) is 27.9. The zero-order valence-corrected chi connectivity index (χ0v) is 78.7. The summed E-state index contributed by atoms with van der Waals surface area (Å²) in [5.41, 5.74) is -10.1. The molecule has 6 saturated carbocycles. The molecule has 5 aliphatic heterocycles. The van der Waals surface area contributed by atoms with Crippen LogP contribution < -0.4 is 0 Å². The molecule has 11 fully saturated rings. The van der Waals surface area contributed by atoms with Crippen molar-refractivity contribution in [3.05, 3.63) is 141 Å². The van der Waals surface area contributed by atoms with Crippen molar-refractivity contribution in [2.75, 3.05) is 19.8 Å². The van der Waals surface area contributed by atoms with Crippen LogP contribution in [0.1, 0.15) is 236 Å². The molecular formula is C100H132O29. The molecule has 0 amide bonds. The molecule has 5 saturated heterocycles. The molecule has 17 rings (SSSR count). The largest absolute Gasteiger partial charge is 0.458 e. The Bertz CT molecular complexity index is 5030. The molecule has 14 aliphatic rings. The third-order valence-electron chi connectivity index (χ3n) is 33.6. The second-order valence-electron chi connectivity index (χ2n) is 42.5. The van der Waals surface area contributed by atoms with Crippen molar-refractivity contribution in [2.45, 2.75) is 341 Å². The van der Waals surface area contributed by atoms with Gasteiger partial charge in [-0.3, -0.25) is 24.0 Å². The molecule has 0 aromatic heterocycles. The van der Waals surface area contributed by atoms with E-state index in [1.54, 1.807) is 91.9 Å². The lowest BCUT2D eigenvalue weighted by Crippen LogP contribution is -2.83. The molecule has 6 N–H and O–H groups in total. The first-order valence-electron chi connectivity index (χ1n) is 45.5. The minimum atomic E-state index is -1.91. The number of aliphatic hydroxyl groups excluding tert-OH is 3. The van der Waals surface area contributed by atoms with E-state index in [4.69, 9.17) is 71.1 Å². The second kappa shape index (κ2) is 32.5. The summed E-state index contributed by atoms with van der Waals surface area (Å²) < 4.78 is 94.5. The number of benzene rings is 3. The SMILES string of the molecule is CC(=O)OC1C[C@@]2(O)[C@@H](OC(=O)c3ccccc3)[C@@H]3[C@]4(OC(C)=O)CO[C@@H]4C[C@@H]4OC(C)(C)O[C@@H]([C@H](C)C(=C1C)C2(C)C)[C@]43C.CC(=O)OC1C[C@@]2(O)[C@@H](OC(=O)c3ccccc3)[C@@H]3[C@]4(OC(C)=O)CO[C@@H]4C[C@H](O)[C@@]3(C)[C@@H](O)[C@H](C)C(=C1C)C2(C)C.CC(=O)O[C@@]12CO[C@@H]1C[C@@H]1OC(C)(C)O[C@H]3[C@H](C)C4=C(C)[C@@H](O)C[C@@](O)([C@@H](OC(=O)c5ccccc5)[C@H]2[C@@]13C)C4(C)C. The minimum absolute atomic E-state index is 0.0365. The Labute approximate surface area is 754 Å². The van der Waals surface area contributed by atoms with E-state index >= 15 is 0 Å². The second-order valence-corrected chi connectivity index (χ2v) is 42.5. The van der Waals surface area contributed by atoms with Crippen LogP contribution in [-0.4, -0.2) is 235 Å². The van der Waals surface area contributed by atoms with Crippen LogP contribution in [0.2, 0.25) is 0 Å². The first-order chi connectivity index (χ1) is 59.9. The fraction of sp³-hybridized carbons (Fsp3) is 0.680. The van der Waals surface area contributed by atoms with Crippen molar-refractivity contribution in [2.24, 2.45) is 68.0 Å². The van der Waals surface area contributed by atoms with Gasteiger partial charge in [0.15, 0.2) is 28.4 Å². The van der Waals surface area contributed by atoms with Crippen LogP contribution in [0.4, 0.5) is 0 Å². The zero-order valence-electron chi connectivity index (χ0n) is 78.7. The van der Waals surface area contributed by atoms with Gasteiger partial charge >= 0.3 is 47.8 Å². The molecule has 2 unspecified atom stereocenters. The lowest BCUT2D eigenvalue weighted by molar-refractivity contribution is -0.428. The van der Waals surface area contributed by atoms with E-state index in [-0.39, 0.29) is 62.9 Å². The minimum Gasteiger partial charge on any atom is -0.458 e. The van der Waals surface area contributed by atoms with E-state index < -0.39 is 241 Å². The van der Waals surface area contributed by atoms with Crippen molar-refractivity contribution in [3.8, 4) is 0 Å². The number of carbonyl (C=O) groups excluding carboxylic acids is 8. The summed E-state index contributed by atoms with van der Waals surface area (Å²) in [5, 5.41) is 74.9. The maximum atomic E-state index is 14.0. The predicted molar refractivity (Wildman–Crippen MR) is 461 cm³/mol. The number of aliphatic hydroxyl groups is 6. The molecular weight excluding hydrogens is 1670 g/mol. The van der Waals surface area contributed by atoms with E-state index in [0.717, 1.165) is 22.3 Å². The van der Waals surface area contributed by atoms with E-state index in [9.17, 15) is 69.0 Å². The number of carbonyl (C=O) groups is 8. The molecule has 0 spiro atoms. The molecule has 29 nitrogen and oxygen atoms in total. The summed E-state index contributed by atoms with van der Waals surface area (Å²) in [6, 6.07) is 25.5. The van der Waals surface area contributed by atoms with Gasteiger partial charge in [0.1, 0.15) is 65.6 Å². The normalized spacial score (nSPS) is 43.1. The molecule has 0 radical (unpaired) electrons. The van der Waals surface area contributed by atoms with Gasteiger partial charge in [0.05, 0.1) is 97.0 Å². The Morgan fingerprint density at radius 3 is 0.953 bits per heavy atom. The maximum Gasteiger partial charge on any atom is 0.338 e. The first kappa shape index (κ1) is 95.7. The van der Waals surface area contributed by atoms with Gasteiger partial charge in [-0.15, -0.1) is 0 Å². The van der Waals surface area contributed by atoms with Gasteiger partial charge in [-0.25, -0.2) is 14.4 Å². The monoisotopic (exact) mass is 1800 g/mol. The average Bonchev–Trinajstić information content (AvgIpc) is 0.747. The van der Waals surface area contributed by atoms with Crippen molar-refractivity contribution in [3.63, 3.8) is 0 Å². The Hall–Kier alpha value is -7.88. The third-order valence-corrected chi connectivity index (χ3v) is 33.6. The van der Waals surface area contributed by atoms with E-state index in [0.29, 0.717) is 35.1 Å². The van der Waals surface area contributed by atoms with Crippen LogP contribution in [-0.2, 0) is 95.0 Å². The van der Waals surface area contributed by atoms with Crippen LogP contribution in [0.15, 0.2) is 124 Å². The number of rotatable bonds is 11. The molecule has 706 valence electrons. The molecule has 30 atom stereocenters. The van der Waals surface area contributed by atoms with Gasteiger partial charge in [0.2, 0.25) is 0 Å². The van der Waals surface area contributed by atoms with Gasteiger partial charge in [-0.05, 0) is 102 Å². The summed E-state index contributed by atoms with van der Waals surface area (Å²) in [5.74, 6) is -10.5. The predicted octanol–water partition coefficient (Wildman–Crippen LogP) is 11.2. The number of fused-ring (bicyclic) bond motifs is 13. The van der Waals surface area contributed by atoms with Crippen molar-refractivity contribution >= 4 is 47.8 Å². The topological polar surface area (TPSA) is 396 Å². The van der Waals surface area contributed by atoms with Crippen molar-refractivity contribution < 1.29 is 140 Å². The van der Waals surface area contributed by atoms with Gasteiger partial charge < -0.3 is 102 Å². The summed E-state index contributed by atoms with van der Waals surface area (Å²) in [6.07, 6.45) is -12.0. The third kappa shape index (κ3) is 14.4. The number of esters is 8. The van der Waals surface area contributed by atoms with Crippen LogP contribution in [0, 0.1) is 68.0 Å². The van der Waals surface area contributed by atoms with Crippen LogP contribution >= 0.6 is 0 Å². The number of hydrogen-bond acceptors (Lipinski definition) is 29. The van der Waals surface area contributed by atoms with Crippen molar-refractivity contribution in [1.29, 1.82) is 0 Å². The van der Waals surface area contributed by atoms with Crippen molar-refractivity contribution in [1.82, 2.24) is 0 Å². The van der Waals surface area contributed by atoms with Gasteiger partial charge in [-0.1, -0.05) is 154 Å². The molecule has 29 heteroatoms. The lowest BCUT2D eigenvalue weighted by Gasteiger charge is -2.72. The highest BCUT2D eigenvalue weighted by molar-refractivity contribution is 5.91. The Balaban J connectivity index is 0.000000149. The van der Waals surface area contributed by atoms with Gasteiger partial charge in [0, 0.05) is 123 Å². The fourth-order valence-corrected chi connectivity index (χ4v) is 27.9. The molecule has 9 aliphatic carbocycles. The highest BCUT2D eigenvalue weighted by Crippen LogP contribution is 2.73. The first-order valence-corrected chi connectivity index (χ1v) is 45.5. The number of hydrogen-bond donors (Lipinski definition) is 6. The van der Waals surface area contributed by atoms with E-state index in [1.165, 1.54) is 34.6 Å². The van der Waals surface area contributed by atoms with Crippen LogP contribution in [0.3, 0.4) is 0 Å². The zero-order chi connectivity index (χ0) is 94.5. The summed E-state index contributed by atoms with van der Waals surface area (Å²) in [4.78, 5) is 105. The lowest BCUT2D eigenvalue weighted by atomic mass is 9.43. The van der Waals surface area contributed by atoms with E-state index in [2.05, 4.69) is 13.8 Å². The summed E-state index contributed by atoms with van der Waals surface area (Å²) >= 11 is 0. The molecule has 6 bridgehead atoms. The van der Waals surface area contributed by atoms with Crippen LogP contribution in [0.5, 0.6) is 0 Å². The maximum absolute atomic E-state index is 14.0. The Morgan fingerprint density at radius 1 is 0.357 bits per heavy atom. The Kier molecular flexibility index (Phi) is 24.1. The highest BCUT2D eigenvalue weighted by atomic mass is 16.7. The Morgan fingerprint density at radius 2 is 0.651 bits per heavy atom. The van der Waals surface area contributed by atoms with Gasteiger partial charge in [0.25, 0.3) is 0 Å². The van der Waals surface area contributed by atoms with Gasteiger partial charge in [-0.2, -0.15) is 0 Å². The molecule has 3 aromatic carbocycles. The quantitative estimate of drug-likeness (QED) is 0.0590. The average molecular weight is 1800 g/mol. The molecule has 5 heterocycles. The standard InChI is InChI=1S/C35H46O10.C33H44O9.C32H42O10/c1-18-23(41-20(3)36)16-35(39)29(42-30(38)22-13-11-10-12-14-22)27-33(9)24(15-25-34(27,17-40-25)43-21(4)37)44-32(7,8)45-28(33)19(2)26(18)31(35,5)6;1-17-21(35)15-33(37)27(39-28(36)20-12-10-9-11-13-20)25-31(8)22(14-23-32(25,16-38-23)40-19(3)34)41-30(6,7)42-26(31)18(2)24(17)29(33,4)5;1-16-21(40-18(3)33)14-32(38)27(41-28(37)20-11-9-8-10-12-20)25-30(7,26(36)17(2)24(16)29(32,5)6)22(35)13-23-31(25,15-39-23)42-19(4)34/h10-14,19,23-25,27-29,39H,15-17H2,1-9H3;9-13,18,21-23,25-27,35,37H,14-16H2,1-8H3;8-12,17,21-23,25-27,35-36,38H,13-15H2,1-7H3/t19-,23?,24+,25-,27+,28+,29+,33-,34+,35-;18-,21+,22+,23-,25+,26+,27+,31-,32+,33-;17-,21?,22+,23-,25+,26+,27+,30-,31+,32-/m111/s1. The smallest absolute Gasteiger partial charge is 0.338 e.